The van der Waals surface area contributed by atoms with E-state index < -0.39 is 0 Å². The van der Waals surface area contributed by atoms with E-state index in [1.54, 1.807) is 0 Å². The summed E-state index contributed by atoms with van der Waals surface area (Å²) in [5.41, 5.74) is 3.96. The highest BCUT2D eigenvalue weighted by atomic mass is 35.5. The van der Waals surface area contributed by atoms with Crippen LogP contribution in [0.15, 0.2) is 12.1 Å². The lowest BCUT2D eigenvalue weighted by molar-refractivity contribution is 0.701. The maximum atomic E-state index is 6.46. The molecule has 0 spiro atoms. The Labute approximate surface area is 129 Å². The molecule has 3 rings (SSSR count). The van der Waals surface area contributed by atoms with Gasteiger partial charge >= 0.3 is 0 Å². The van der Waals surface area contributed by atoms with E-state index in [1.165, 1.54) is 25.7 Å². The molecule has 1 aliphatic carbocycles. The van der Waals surface area contributed by atoms with Crippen LogP contribution in [0, 0.1) is 6.92 Å². The first-order valence-corrected chi connectivity index (χ1v) is 7.84. The monoisotopic (exact) mass is 308 g/mol. The molecule has 1 N–H and O–H groups in total. The predicted octanol–water partition coefficient (Wildman–Crippen LogP) is 5.55. The standard InChI is InChI=1S/C16H18Cl2N2/c1-9-7-11(17)16-14(15(9)18)13(19-2)8-12(20-16)10-5-3-4-6-10/h7-8,10H,3-6H2,1-2H3,(H,19,20). The van der Waals surface area contributed by atoms with Crippen LogP contribution in [0.5, 0.6) is 0 Å². The van der Waals surface area contributed by atoms with Gasteiger partial charge in [0.05, 0.1) is 15.6 Å². The van der Waals surface area contributed by atoms with Crippen LogP contribution < -0.4 is 5.32 Å². The van der Waals surface area contributed by atoms with Crippen molar-refractivity contribution in [3.05, 3.63) is 33.4 Å². The van der Waals surface area contributed by atoms with Gasteiger partial charge in [-0.3, -0.25) is 4.98 Å². The summed E-state index contributed by atoms with van der Waals surface area (Å²) in [6, 6.07) is 4.04. The second-order valence-electron chi connectivity index (χ2n) is 5.54. The molecule has 1 aliphatic rings. The number of aryl methyl sites for hydroxylation is 1. The molecule has 1 heterocycles. The third-order valence-electron chi connectivity index (χ3n) is 4.22. The number of benzene rings is 1. The summed E-state index contributed by atoms with van der Waals surface area (Å²) in [5, 5.41) is 5.59. The molecular formula is C16H18Cl2N2. The highest BCUT2D eigenvalue weighted by Gasteiger charge is 2.21. The first-order chi connectivity index (χ1) is 9.61. The van der Waals surface area contributed by atoms with Crippen molar-refractivity contribution in [1.29, 1.82) is 0 Å². The topological polar surface area (TPSA) is 24.9 Å². The van der Waals surface area contributed by atoms with Gasteiger partial charge in [-0.2, -0.15) is 0 Å². The Hall–Kier alpha value is -0.990. The second kappa shape index (κ2) is 5.42. The van der Waals surface area contributed by atoms with Crippen molar-refractivity contribution in [2.75, 3.05) is 12.4 Å². The summed E-state index contributed by atoms with van der Waals surface area (Å²) < 4.78 is 0. The van der Waals surface area contributed by atoms with Gasteiger partial charge in [-0.25, -0.2) is 0 Å². The third kappa shape index (κ3) is 2.25. The molecule has 0 atom stereocenters. The summed E-state index contributed by atoms with van der Waals surface area (Å²) >= 11 is 12.8. The molecule has 0 aliphatic heterocycles. The van der Waals surface area contributed by atoms with Gasteiger partial charge in [0.1, 0.15) is 0 Å². The molecule has 0 radical (unpaired) electrons. The Bertz CT molecular complexity index is 661. The number of hydrogen-bond acceptors (Lipinski definition) is 2. The first-order valence-electron chi connectivity index (χ1n) is 7.09. The highest BCUT2D eigenvalue weighted by Crippen LogP contribution is 2.40. The fourth-order valence-electron chi connectivity index (χ4n) is 3.11. The Morgan fingerprint density at radius 3 is 2.55 bits per heavy atom. The van der Waals surface area contributed by atoms with E-state index in [9.17, 15) is 0 Å². The van der Waals surface area contributed by atoms with Crippen LogP contribution in [-0.2, 0) is 0 Å². The molecule has 0 unspecified atom stereocenters. The quantitative estimate of drug-likeness (QED) is 0.786. The molecular weight excluding hydrogens is 291 g/mol. The number of fused-ring (bicyclic) bond motifs is 1. The number of hydrogen-bond donors (Lipinski definition) is 1. The van der Waals surface area contributed by atoms with Crippen LogP contribution in [0.2, 0.25) is 10.0 Å². The number of pyridine rings is 1. The number of rotatable bonds is 2. The summed E-state index contributed by atoms with van der Waals surface area (Å²) in [6.45, 7) is 1.97. The van der Waals surface area contributed by atoms with Gasteiger partial charge in [-0.05, 0) is 37.5 Å². The second-order valence-corrected chi connectivity index (χ2v) is 6.32. The maximum Gasteiger partial charge on any atom is 0.0927 e. The number of nitrogens with one attached hydrogen (secondary N) is 1. The van der Waals surface area contributed by atoms with Gasteiger partial charge in [0, 0.05) is 29.7 Å². The fraction of sp³-hybridized carbons (Fsp3) is 0.438. The molecule has 2 nitrogen and oxygen atoms in total. The van der Waals surface area contributed by atoms with Crippen LogP contribution in [0.25, 0.3) is 10.9 Å². The molecule has 1 fully saturated rings. The number of anilines is 1. The van der Waals surface area contributed by atoms with E-state index in [-0.39, 0.29) is 0 Å². The predicted molar refractivity (Wildman–Crippen MR) is 87.3 cm³/mol. The van der Waals surface area contributed by atoms with Gasteiger partial charge in [-0.1, -0.05) is 36.0 Å². The van der Waals surface area contributed by atoms with E-state index in [4.69, 9.17) is 28.2 Å². The van der Waals surface area contributed by atoms with Gasteiger partial charge < -0.3 is 5.32 Å². The van der Waals surface area contributed by atoms with Crippen LogP contribution >= 0.6 is 23.2 Å². The van der Waals surface area contributed by atoms with Crippen molar-refractivity contribution in [3.63, 3.8) is 0 Å². The minimum atomic E-state index is 0.558. The van der Waals surface area contributed by atoms with E-state index >= 15 is 0 Å². The average molecular weight is 309 g/mol. The SMILES string of the molecule is CNc1cc(C2CCCC2)nc2c(Cl)cc(C)c(Cl)c12. The first kappa shape index (κ1) is 14.0. The van der Waals surface area contributed by atoms with Gasteiger partial charge in [0.15, 0.2) is 0 Å². The molecule has 0 amide bonds. The molecule has 1 aromatic heterocycles. The zero-order chi connectivity index (χ0) is 14.3. The minimum Gasteiger partial charge on any atom is -0.387 e. The normalized spacial score (nSPS) is 16.0. The molecule has 20 heavy (non-hydrogen) atoms. The Morgan fingerprint density at radius 2 is 1.90 bits per heavy atom. The Balaban J connectivity index is 2.28. The maximum absolute atomic E-state index is 6.46. The van der Waals surface area contributed by atoms with Crippen LogP contribution in [0.1, 0.15) is 42.9 Å². The van der Waals surface area contributed by atoms with Gasteiger partial charge in [0.25, 0.3) is 0 Å². The van der Waals surface area contributed by atoms with Crippen molar-refractivity contribution in [2.45, 2.75) is 38.5 Å². The van der Waals surface area contributed by atoms with Crippen molar-refractivity contribution >= 4 is 39.8 Å². The van der Waals surface area contributed by atoms with Crippen LogP contribution in [-0.4, -0.2) is 12.0 Å². The van der Waals surface area contributed by atoms with E-state index in [2.05, 4.69) is 11.4 Å². The number of halogens is 2. The molecule has 4 heteroatoms. The summed E-state index contributed by atoms with van der Waals surface area (Å²) in [4.78, 5) is 4.81. The summed E-state index contributed by atoms with van der Waals surface area (Å²) in [7, 11) is 1.92. The molecule has 0 saturated heterocycles. The van der Waals surface area contributed by atoms with Crippen molar-refractivity contribution in [2.24, 2.45) is 0 Å². The van der Waals surface area contributed by atoms with Crippen molar-refractivity contribution in [1.82, 2.24) is 4.98 Å². The third-order valence-corrected chi connectivity index (χ3v) is 4.99. The Morgan fingerprint density at radius 1 is 1.20 bits per heavy atom. The minimum absolute atomic E-state index is 0.558. The average Bonchev–Trinajstić information content (AvgIpc) is 2.97. The smallest absolute Gasteiger partial charge is 0.0927 e. The lowest BCUT2D eigenvalue weighted by atomic mass is 10.0. The summed E-state index contributed by atoms with van der Waals surface area (Å²) in [5.74, 6) is 0.558. The highest BCUT2D eigenvalue weighted by molar-refractivity contribution is 6.41. The van der Waals surface area contributed by atoms with E-state index in [0.717, 1.165) is 32.9 Å². The number of aromatic nitrogens is 1. The fourth-order valence-corrected chi connectivity index (χ4v) is 3.65. The lowest BCUT2D eigenvalue weighted by Gasteiger charge is -2.16. The molecule has 0 bridgehead atoms. The molecule has 106 valence electrons. The van der Waals surface area contributed by atoms with Crippen molar-refractivity contribution in [3.8, 4) is 0 Å². The molecule has 1 aromatic carbocycles. The summed E-state index contributed by atoms with van der Waals surface area (Å²) in [6.07, 6.45) is 5.03. The van der Waals surface area contributed by atoms with E-state index in [0.29, 0.717) is 10.9 Å². The zero-order valence-electron chi connectivity index (χ0n) is 11.8. The van der Waals surface area contributed by atoms with Gasteiger partial charge in [-0.15, -0.1) is 0 Å². The lowest BCUT2D eigenvalue weighted by Crippen LogP contribution is -2.01. The largest absolute Gasteiger partial charge is 0.387 e. The van der Waals surface area contributed by atoms with Crippen molar-refractivity contribution < 1.29 is 0 Å². The Kier molecular flexibility index (Phi) is 3.78. The zero-order valence-corrected chi connectivity index (χ0v) is 13.3. The van der Waals surface area contributed by atoms with Gasteiger partial charge in [0.2, 0.25) is 0 Å². The molecule has 1 saturated carbocycles. The molecule has 2 aromatic rings. The van der Waals surface area contributed by atoms with Crippen LogP contribution in [0.3, 0.4) is 0 Å². The van der Waals surface area contributed by atoms with Crippen LogP contribution in [0.4, 0.5) is 5.69 Å². The number of nitrogens with zero attached hydrogens (tertiary/aromatic N) is 1. The van der Waals surface area contributed by atoms with E-state index in [1.807, 2.05) is 20.0 Å².